The molecule has 0 saturated carbocycles. The molecule has 6 heteroatoms. The zero-order valence-electron chi connectivity index (χ0n) is 8.82. The summed E-state index contributed by atoms with van der Waals surface area (Å²) in [6.45, 7) is 4.15. The number of aromatic nitrogens is 2. The molecule has 15 heavy (non-hydrogen) atoms. The highest BCUT2D eigenvalue weighted by Gasteiger charge is 2.01. The van der Waals surface area contributed by atoms with Crippen LogP contribution in [0.25, 0.3) is 0 Å². The molecule has 1 heterocycles. The van der Waals surface area contributed by atoms with Crippen molar-refractivity contribution in [2.75, 3.05) is 19.6 Å². The smallest absolute Gasteiger partial charge is 0.221 e. The van der Waals surface area contributed by atoms with Gasteiger partial charge in [-0.25, -0.2) is 0 Å². The van der Waals surface area contributed by atoms with Gasteiger partial charge in [0, 0.05) is 25.9 Å². The molecule has 1 aromatic heterocycles. The van der Waals surface area contributed by atoms with Crippen LogP contribution in [-0.2, 0) is 11.2 Å². The van der Waals surface area contributed by atoms with Crippen molar-refractivity contribution >= 4 is 5.91 Å². The minimum Gasteiger partial charge on any atom is -0.356 e. The van der Waals surface area contributed by atoms with Crippen molar-refractivity contribution in [3.63, 3.8) is 0 Å². The van der Waals surface area contributed by atoms with Crippen LogP contribution in [0.15, 0.2) is 10.9 Å². The molecule has 0 aliphatic heterocycles. The molecule has 1 aromatic rings. The highest BCUT2D eigenvalue weighted by atomic mass is 16.5. The molecular formula is C9H16N4O2. The van der Waals surface area contributed by atoms with Crippen LogP contribution in [-0.4, -0.2) is 35.7 Å². The predicted molar refractivity (Wildman–Crippen MR) is 54.2 cm³/mol. The van der Waals surface area contributed by atoms with E-state index in [0.717, 1.165) is 6.54 Å². The van der Waals surface area contributed by atoms with Crippen LogP contribution in [0.1, 0.15) is 19.2 Å². The Hall–Kier alpha value is -1.43. The normalized spacial score (nSPS) is 10.2. The molecule has 84 valence electrons. The fourth-order valence-corrected chi connectivity index (χ4v) is 1.08. The summed E-state index contributed by atoms with van der Waals surface area (Å²) >= 11 is 0. The lowest BCUT2D eigenvalue weighted by atomic mass is 10.3. The van der Waals surface area contributed by atoms with E-state index in [1.807, 2.05) is 6.92 Å². The fraction of sp³-hybridized carbons (Fsp3) is 0.667. The summed E-state index contributed by atoms with van der Waals surface area (Å²) < 4.78 is 4.57. The second-order valence-corrected chi connectivity index (χ2v) is 3.05. The van der Waals surface area contributed by atoms with E-state index in [1.165, 1.54) is 6.39 Å². The molecule has 0 aliphatic carbocycles. The van der Waals surface area contributed by atoms with E-state index in [2.05, 4.69) is 25.3 Å². The maximum absolute atomic E-state index is 11.2. The van der Waals surface area contributed by atoms with Gasteiger partial charge in [0.15, 0.2) is 5.82 Å². The van der Waals surface area contributed by atoms with Crippen LogP contribution >= 0.6 is 0 Å². The van der Waals surface area contributed by atoms with Crippen molar-refractivity contribution in [3.8, 4) is 0 Å². The van der Waals surface area contributed by atoms with Gasteiger partial charge in [0.25, 0.3) is 0 Å². The van der Waals surface area contributed by atoms with E-state index in [9.17, 15) is 4.79 Å². The van der Waals surface area contributed by atoms with Gasteiger partial charge in [0.05, 0.1) is 0 Å². The molecule has 0 saturated heterocycles. The summed E-state index contributed by atoms with van der Waals surface area (Å²) in [7, 11) is 0. The number of rotatable bonds is 7. The molecule has 0 spiro atoms. The van der Waals surface area contributed by atoms with Crippen molar-refractivity contribution in [1.29, 1.82) is 0 Å². The zero-order valence-corrected chi connectivity index (χ0v) is 8.82. The second-order valence-electron chi connectivity index (χ2n) is 3.05. The van der Waals surface area contributed by atoms with Crippen molar-refractivity contribution < 1.29 is 9.32 Å². The Morgan fingerprint density at radius 2 is 2.40 bits per heavy atom. The van der Waals surface area contributed by atoms with E-state index < -0.39 is 0 Å². The number of nitrogens with one attached hydrogen (secondary N) is 2. The highest BCUT2D eigenvalue weighted by molar-refractivity contribution is 5.76. The molecule has 0 fully saturated rings. The zero-order chi connectivity index (χ0) is 10.9. The largest absolute Gasteiger partial charge is 0.356 e. The minimum absolute atomic E-state index is 0.0412. The maximum atomic E-state index is 11.2. The SMILES string of the molecule is CCNCCC(=O)NCCc1ncon1. The Morgan fingerprint density at radius 1 is 1.53 bits per heavy atom. The summed E-state index contributed by atoms with van der Waals surface area (Å²) in [6.07, 6.45) is 2.38. The third kappa shape index (κ3) is 5.11. The third-order valence-corrected chi connectivity index (χ3v) is 1.86. The minimum atomic E-state index is 0.0412. The maximum Gasteiger partial charge on any atom is 0.221 e. The summed E-state index contributed by atoms with van der Waals surface area (Å²) in [5.74, 6) is 0.654. The summed E-state index contributed by atoms with van der Waals surface area (Å²) in [4.78, 5) is 15.1. The molecule has 1 rings (SSSR count). The van der Waals surface area contributed by atoms with E-state index in [-0.39, 0.29) is 5.91 Å². The van der Waals surface area contributed by atoms with Gasteiger partial charge in [-0.3, -0.25) is 4.79 Å². The topological polar surface area (TPSA) is 80.0 Å². The Labute approximate surface area is 88.4 Å². The van der Waals surface area contributed by atoms with E-state index in [0.29, 0.717) is 31.8 Å². The van der Waals surface area contributed by atoms with Crippen molar-refractivity contribution in [2.45, 2.75) is 19.8 Å². The first kappa shape index (κ1) is 11.6. The Kier molecular flexibility index (Phi) is 5.39. The molecule has 1 amide bonds. The predicted octanol–water partition coefficient (Wildman–Crippen LogP) is -0.272. The van der Waals surface area contributed by atoms with Crippen molar-refractivity contribution in [1.82, 2.24) is 20.8 Å². The van der Waals surface area contributed by atoms with Crippen molar-refractivity contribution in [3.05, 3.63) is 12.2 Å². The summed E-state index contributed by atoms with van der Waals surface area (Å²) in [5.41, 5.74) is 0. The Balaban J connectivity index is 2.02. The number of carbonyl (C=O) groups is 1. The van der Waals surface area contributed by atoms with Crippen LogP contribution in [0.4, 0.5) is 0 Å². The molecule has 0 unspecified atom stereocenters. The first-order chi connectivity index (χ1) is 7.33. The van der Waals surface area contributed by atoms with Gasteiger partial charge < -0.3 is 15.2 Å². The molecule has 0 atom stereocenters. The van der Waals surface area contributed by atoms with Gasteiger partial charge in [-0.05, 0) is 6.54 Å². The lowest BCUT2D eigenvalue weighted by molar-refractivity contribution is -0.120. The van der Waals surface area contributed by atoms with Gasteiger partial charge in [0.1, 0.15) is 0 Å². The van der Waals surface area contributed by atoms with Crippen LogP contribution in [0.5, 0.6) is 0 Å². The van der Waals surface area contributed by atoms with Gasteiger partial charge in [-0.2, -0.15) is 4.98 Å². The van der Waals surface area contributed by atoms with Crippen LogP contribution < -0.4 is 10.6 Å². The van der Waals surface area contributed by atoms with E-state index >= 15 is 0 Å². The number of amides is 1. The molecule has 0 bridgehead atoms. The van der Waals surface area contributed by atoms with Gasteiger partial charge in [-0.1, -0.05) is 12.1 Å². The van der Waals surface area contributed by atoms with Crippen LogP contribution in [0.2, 0.25) is 0 Å². The Bertz CT molecular complexity index is 274. The van der Waals surface area contributed by atoms with E-state index in [1.54, 1.807) is 0 Å². The van der Waals surface area contributed by atoms with Gasteiger partial charge in [-0.15, -0.1) is 0 Å². The molecule has 6 nitrogen and oxygen atoms in total. The van der Waals surface area contributed by atoms with E-state index in [4.69, 9.17) is 0 Å². The average molecular weight is 212 g/mol. The standard InChI is InChI=1S/C9H16N4O2/c1-2-10-5-4-9(14)11-6-3-8-12-7-15-13-8/h7,10H,2-6H2,1H3,(H,11,14). The van der Waals surface area contributed by atoms with Crippen molar-refractivity contribution in [2.24, 2.45) is 0 Å². The molecule has 2 N–H and O–H groups in total. The number of hydrogen-bond donors (Lipinski definition) is 2. The highest BCUT2D eigenvalue weighted by Crippen LogP contribution is 1.88. The fourth-order valence-electron chi connectivity index (χ4n) is 1.08. The van der Waals surface area contributed by atoms with Gasteiger partial charge in [0.2, 0.25) is 12.3 Å². The molecule has 0 radical (unpaired) electrons. The number of carbonyl (C=O) groups excluding carboxylic acids is 1. The summed E-state index contributed by atoms with van der Waals surface area (Å²) in [6, 6.07) is 0. The van der Waals surface area contributed by atoms with Gasteiger partial charge >= 0.3 is 0 Å². The third-order valence-electron chi connectivity index (χ3n) is 1.86. The lowest BCUT2D eigenvalue weighted by Gasteiger charge is -2.03. The Morgan fingerprint density at radius 3 is 3.07 bits per heavy atom. The average Bonchev–Trinajstić information content (AvgIpc) is 2.71. The van der Waals surface area contributed by atoms with Crippen LogP contribution in [0, 0.1) is 0 Å². The van der Waals surface area contributed by atoms with Crippen LogP contribution in [0.3, 0.4) is 0 Å². The number of hydrogen-bond acceptors (Lipinski definition) is 5. The number of nitrogens with zero attached hydrogens (tertiary/aromatic N) is 2. The quantitative estimate of drug-likeness (QED) is 0.608. The molecule has 0 aliphatic rings. The summed E-state index contributed by atoms with van der Waals surface area (Å²) in [5, 5.41) is 9.50. The molecular weight excluding hydrogens is 196 g/mol. The lowest BCUT2D eigenvalue weighted by Crippen LogP contribution is -2.29. The first-order valence-corrected chi connectivity index (χ1v) is 5.05. The first-order valence-electron chi connectivity index (χ1n) is 5.05. The molecule has 0 aromatic carbocycles. The monoisotopic (exact) mass is 212 g/mol. The second kappa shape index (κ2) is 6.94.